The van der Waals surface area contributed by atoms with Gasteiger partial charge < -0.3 is 26.5 Å². The van der Waals surface area contributed by atoms with Crippen LogP contribution in [0.4, 0.5) is 0 Å². The minimum absolute atomic E-state index is 0.0241. The van der Waals surface area contributed by atoms with Crippen molar-refractivity contribution in [2.45, 2.75) is 31.4 Å². The lowest BCUT2D eigenvalue weighted by molar-refractivity contribution is -0.158. The van der Waals surface area contributed by atoms with Crippen molar-refractivity contribution < 1.29 is 19.8 Å². The topological polar surface area (TPSA) is 139 Å². The first-order valence-electron chi connectivity index (χ1n) is 5.30. The lowest BCUT2D eigenvalue weighted by Crippen LogP contribution is -2.36. The van der Waals surface area contributed by atoms with E-state index in [2.05, 4.69) is 4.99 Å². The molecule has 7 nitrogen and oxygen atoms in total. The summed E-state index contributed by atoms with van der Waals surface area (Å²) in [6.07, 6.45) is 0.611. The number of aliphatic carboxylic acids is 1. The summed E-state index contributed by atoms with van der Waals surface area (Å²) in [5.74, 6) is -2.26. The van der Waals surface area contributed by atoms with Gasteiger partial charge in [-0.15, -0.1) is 0 Å². The van der Waals surface area contributed by atoms with E-state index >= 15 is 0 Å². The van der Waals surface area contributed by atoms with Crippen LogP contribution >= 0.6 is 0 Å². The zero-order valence-electron chi connectivity index (χ0n) is 9.54. The summed E-state index contributed by atoms with van der Waals surface area (Å²) in [6, 6.07) is -0.540. The molecule has 0 spiro atoms. The molecule has 1 rings (SSSR count). The van der Waals surface area contributed by atoms with Gasteiger partial charge in [-0.1, -0.05) is 6.92 Å². The molecule has 1 saturated carbocycles. The highest BCUT2D eigenvalue weighted by Gasteiger charge is 2.50. The molecule has 0 heterocycles. The van der Waals surface area contributed by atoms with Gasteiger partial charge in [0.05, 0.1) is 6.04 Å². The number of guanidine groups is 1. The number of carboxylic acids is 1. The molecule has 17 heavy (non-hydrogen) atoms. The highest BCUT2D eigenvalue weighted by atomic mass is 16.4. The molecule has 0 bridgehead atoms. The molecular formula is C10H17N3O4. The third-order valence-electron chi connectivity index (χ3n) is 3.22. The minimum Gasteiger partial charge on any atom is -0.479 e. The number of hydrogen-bond donors (Lipinski definition) is 4. The molecule has 6 N–H and O–H groups in total. The minimum atomic E-state index is -1.86. The highest BCUT2D eigenvalue weighted by molar-refractivity contribution is 5.79. The standard InChI is InChI=1S/C10H17N3O4/c1-5(4-14)6-2-10(17,8(15)16)3-7(6)13-9(11)12/h4-7,17H,2-3H2,1H3,(H,15,16)(H4,11,12,13). The molecule has 0 saturated heterocycles. The van der Waals surface area contributed by atoms with Crippen LogP contribution in [0.1, 0.15) is 19.8 Å². The van der Waals surface area contributed by atoms with Crippen molar-refractivity contribution >= 4 is 18.2 Å². The number of rotatable bonds is 4. The SMILES string of the molecule is CC(C=O)C1CC(O)(C(=O)O)CC1N=C(N)N. The smallest absolute Gasteiger partial charge is 0.335 e. The van der Waals surface area contributed by atoms with Crippen molar-refractivity contribution in [2.75, 3.05) is 0 Å². The number of nitrogens with two attached hydrogens (primary N) is 2. The average molecular weight is 243 g/mol. The number of aldehydes is 1. The third kappa shape index (κ3) is 2.73. The van der Waals surface area contributed by atoms with Crippen LogP contribution in [-0.4, -0.2) is 40.1 Å². The van der Waals surface area contributed by atoms with Crippen LogP contribution in [0.5, 0.6) is 0 Å². The number of carbonyl (C=O) groups is 2. The zero-order valence-corrected chi connectivity index (χ0v) is 9.54. The normalized spacial score (nSPS) is 34.0. The second kappa shape index (κ2) is 4.70. The summed E-state index contributed by atoms with van der Waals surface area (Å²) in [4.78, 5) is 25.6. The predicted molar refractivity (Wildman–Crippen MR) is 60.1 cm³/mol. The molecule has 0 radical (unpaired) electrons. The van der Waals surface area contributed by atoms with Crippen molar-refractivity contribution in [3.05, 3.63) is 0 Å². The van der Waals surface area contributed by atoms with Crippen LogP contribution in [0.15, 0.2) is 4.99 Å². The molecule has 0 aromatic rings. The van der Waals surface area contributed by atoms with E-state index in [1.807, 2.05) is 0 Å². The monoisotopic (exact) mass is 243 g/mol. The number of carbonyl (C=O) groups excluding carboxylic acids is 1. The van der Waals surface area contributed by atoms with Crippen LogP contribution in [0.2, 0.25) is 0 Å². The van der Waals surface area contributed by atoms with Gasteiger partial charge in [-0.3, -0.25) is 0 Å². The summed E-state index contributed by atoms with van der Waals surface area (Å²) in [5, 5.41) is 18.8. The van der Waals surface area contributed by atoms with Crippen LogP contribution in [0.25, 0.3) is 0 Å². The quantitative estimate of drug-likeness (QED) is 0.274. The van der Waals surface area contributed by atoms with Gasteiger partial charge in [0.25, 0.3) is 0 Å². The maximum absolute atomic E-state index is 11.0. The van der Waals surface area contributed by atoms with E-state index in [9.17, 15) is 14.7 Å². The fourth-order valence-corrected chi connectivity index (χ4v) is 2.25. The first-order valence-corrected chi connectivity index (χ1v) is 5.30. The van der Waals surface area contributed by atoms with Crippen LogP contribution in [0.3, 0.4) is 0 Å². The van der Waals surface area contributed by atoms with Gasteiger partial charge in [0, 0.05) is 12.3 Å². The van der Waals surface area contributed by atoms with Gasteiger partial charge in [0.1, 0.15) is 6.29 Å². The molecule has 1 aliphatic rings. The Morgan fingerprint density at radius 1 is 1.53 bits per heavy atom. The van der Waals surface area contributed by atoms with E-state index in [0.717, 1.165) is 0 Å². The van der Waals surface area contributed by atoms with Crippen LogP contribution in [0, 0.1) is 11.8 Å². The zero-order chi connectivity index (χ0) is 13.2. The Hall–Kier alpha value is -1.63. The van der Waals surface area contributed by atoms with Crippen LogP contribution < -0.4 is 11.5 Å². The third-order valence-corrected chi connectivity index (χ3v) is 3.22. The number of aliphatic imine (C=N–C) groups is 1. The van der Waals surface area contributed by atoms with Gasteiger partial charge >= 0.3 is 5.97 Å². The lowest BCUT2D eigenvalue weighted by Gasteiger charge is -2.18. The summed E-state index contributed by atoms with van der Waals surface area (Å²) in [5.41, 5.74) is 8.65. The summed E-state index contributed by atoms with van der Waals surface area (Å²) in [6.45, 7) is 1.65. The second-order valence-electron chi connectivity index (χ2n) is 4.53. The van der Waals surface area contributed by atoms with E-state index in [-0.39, 0.29) is 24.7 Å². The van der Waals surface area contributed by atoms with Crippen molar-refractivity contribution in [1.82, 2.24) is 0 Å². The lowest BCUT2D eigenvalue weighted by atomic mass is 9.89. The van der Waals surface area contributed by atoms with Gasteiger partial charge in [0.2, 0.25) is 0 Å². The van der Waals surface area contributed by atoms with E-state index in [1.165, 1.54) is 0 Å². The predicted octanol–water partition coefficient (Wildman–Crippen LogP) is -1.31. The van der Waals surface area contributed by atoms with Crippen molar-refractivity contribution in [3.8, 4) is 0 Å². The fourth-order valence-electron chi connectivity index (χ4n) is 2.25. The molecule has 7 heteroatoms. The van der Waals surface area contributed by atoms with Gasteiger partial charge in [0.15, 0.2) is 11.6 Å². The largest absolute Gasteiger partial charge is 0.479 e. The molecule has 0 aromatic carbocycles. The Labute approximate surface area is 98.5 Å². The molecular weight excluding hydrogens is 226 g/mol. The molecule has 4 unspecified atom stereocenters. The second-order valence-corrected chi connectivity index (χ2v) is 4.53. The maximum Gasteiger partial charge on any atom is 0.335 e. The van der Waals surface area contributed by atoms with Crippen molar-refractivity contribution in [3.63, 3.8) is 0 Å². The summed E-state index contributed by atoms with van der Waals surface area (Å²) >= 11 is 0. The van der Waals surface area contributed by atoms with E-state index in [1.54, 1.807) is 6.92 Å². The van der Waals surface area contributed by atoms with E-state index < -0.39 is 23.5 Å². The van der Waals surface area contributed by atoms with E-state index in [4.69, 9.17) is 16.6 Å². The molecule has 1 fully saturated rings. The summed E-state index contributed by atoms with van der Waals surface area (Å²) in [7, 11) is 0. The number of nitrogens with zero attached hydrogens (tertiary/aromatic N) is 1. The van der Waals surface area contributed by atoms with Gasteiger partial charge in [-0.25, -0.2) is 9.79 Å². The molecule has 0 aliphatic heterocycles. The number of carboxylic acid groups (broad SMARTS) is 1. The first-order chi connectivity index (χ1) is 7.80. The molecule has 0 amide bonds. The van der Waals surface area contributed by atoms with Crippen molar-refractivity contribution in [1.29, 1.82) is 0 Å². The van der Waals surface area contributed by atoms with E-state index in [0.29, 0.717) is 6.29 Å². The molecule has 1 aliphatic carbocycles. The number of hydrogen-bond acceptors (Lipinski definition) is 4. The van der Waals surface area contributed by atoms with Crippen LogP contribution in [-0.2, 0) is 9.59 Å². The Kier molecular flexibility index (Phi) is 3.72. The Balaban J connectivity index is 2.98. The molecule has 0 aromatic heterocycles. The number of aliphatic hydroxyl groups is 1. The Morgan fingerprint density at radius 2 is 2.12 bits per heavy atom. The van der Waals surface area contributed by atoms with Gasteiger partial charge in [-0.05, 0) is 12.3 Å². The highest BCUT2D eigenvalue weighted by Crippen LogP contribution is 2.40. The average Bonchev–Trinajstić information content (AvgIpc) is 2.55. The van der Waals surface area contributed by atoms with Crippen molar-refractivity contribution in [2.24, 2.45) is 28.3 Å². The Bertz CT molecular complexity index is 353. The Morgan fingerprint density at radius 3 is 2.53 bits per heavy atom. The van der Waals surface area contributed by atoms with Gasteiger partial charge in [-0.2, -0.15) is 0 Å². The summed E-state index contributed by atoms with van der Waals surface area (Å²) < 4.78 is 0. The fraction of sp³-hybridized carbons (Fsp3) is 0.700. The maximum atomic E-state index is 11.0. The first kappa shape index (κ1) is 13.4. The molecule has 96 valence electrons. The molecule has 4 atom stereocenters.